The van der Waals surface area contributed by atoms with Crippen molar-refractivity contribution in [3.8, 4) is 17.1 Å². The number of fused-ring (bicyclic) bond motifs is 1. The molecule has 7 heteroatoms. The maximum Gasteiger partial charge on any atom is 0.246 e. The molecule has 1 saturated heterocycles. The first-order chi connectivity index (χ1) is 16.6. The maximum absolute atomic E-state index is 13.0. The Hall–Kier alpha value is -4.13. The van der Waals surface area contributed by atoms with E-state index in [2.05, 4.69) is 0 Å². The summed E-state index contributed by atoms with van der Waals surface area (Å²) < 4.78 is 7.87. The van der Waals surface area contributed by atoms with Crippen molar-refractivity contribution in [1.82, 2.24) is 19.6 Å². The van der Waals surface area contributed by atoms with Gasteiger partial charge in [-0.1, -0.05) is 36.4 Å². The van der Waals surface area contributed by atoms with Crippen molar-refractivity contribution in [2.45, 2.75) is 13.3 Å². The average molecular weight is 455 g/mol. The van der Waals surface area contributed by atoms with Crippen LogP contribution in [-0.2, 0) is 9.59 Å². The SMILES string of the molecule is CC(=O)N1CCCN(C(=O)/C=C/c2cn(-c3ccccc3)nc2-c2cc3ccccc3o2)CC1. The number of aromatic nitrogens is 2. The number of carbonyl (C=O) groups excluding carboxylic acids is 2. The molecule has 0 unspecified atom stereocenters. The molecule has 0 N–H and O–H groups in total. The van der Waals surface area contributed by atoms with E-state index in [0.717, 1.165) is 28.6 Å². The molecule has 0 aliphatic carbocycles. The maximum atomic E-state index is 13.0. The summed E-state index contributed by atoms with van der Waals surface area (Å²) in [5, 5.41) is 5.78. The first-order valence-corrected chi connectivity index (χ1v) is 11.4. The Morgan fingerprint density at radius 3 is 2.47 bits per heavy atom. The standard InChI is InChI=1S/C27H26N4O3/c1-20(32)29-14-7-15-30(17-16-29)26(33)13-12-22-19-31(23-9-3-2-4-10-23)28-27(22)25-18-21-8-5-6-11-24(21)34-25/h2-6,8-13,18-19H,7,14-17H2,1H3/b13-12+. The quantitative estimate of drug-likeness (QED) is 0.429. The van der Waals surface area contributed by atoms with Gasteiger partial charge in [0, 0.05) is 56.3 Å². The van der Waals surface area contributed by atoms with Crippen LogP contribution in [0.5, 0.6) is 0 Å². The van der Waals surface area contributed by atoms with Crippen molar-refractivity contribution in [3.05, 3.63) is 78.5 Å². The highest BCUT2D eigenvalue weighted by molar-refractivity contribution is 5.93. The number of nitrogens with zero attached hydrogens (tertiary/aromatic N) is 4. The summed E-state index contributed by atoms with van der Waals surface area (Å²) in [5.74, 6) is 0.622. The Labute approximate surface area is 197 Å². The fraction of sp³-hybridized carbons (Fsp3) is 0.222. The summed E-state index contributed by atoms with van der Waals surface area (Å²) in [6.45, 7) is 3.98. The molecular weight excluding hydrogens is 428 g/mol. The van der Waals surface area contributed by atoms with Crippen molar-refractivity contribution in [2.24, 2.45) is 0 Å². The van der Waals surface area contributed by atoms with Crippen LogP contribution in [0.3, 0.4) is 0 Å². The molecule has 2 amide bonds. The van der Waals surface area contributed by atoms with Crippen LogP contribution in [0.4, 0.5) is 0 Å². The largest absolute Gasteiger partial charge is 0.454 e. The van der Waals surface area contributed by atoms with E-state index in [1.807, 2.05) is 66.9 Å². The lowest BCUT2D eigenvalue weighted by atomic mass is 10.1. The van der Waals surface area contributed by atoms with Crippen molar-refractivity contribution in [3.63, 3.8) is 0 Å². The van der Waals surface area contributed by atoms with Crippen LogP contribution in [0, 0.1) is 0 Å². The summed E-state index contributed by atoms with van der Waals surface area (Å²) in [6.07, 6.45) is 6.06. The van der Waals surface area contributed by atoms with Crippen molar-refractivity contribution in [1.29, 1.82) is 0 Å². The van der Waals surface area contributed by atoms with Crippen LogP contribution < -0.4 is 0 Å². The summed E-state index contributed by atoms with van der Waals surface area (Å²) >= 11 is 0. The molecule has 0 saturated carbocycles. The van der Waals surface area contributed by atoms with Crippen LogP contribution in [0.25, 0.3) is 34.2 Å². The minimum absolute atomic E-state index is 0.0497. The first kappa shape index (κ1) is 21.7. The van der Waals surface area contributed by atoms with Gasteiger partial charge in [-0.15, -0.1) is 0 Å². The summed E-state index contributed by atoms with van der Waals surface area (Å²) in [4.78, 5) is 28.2. The van der Waals surface area contributed by atoms with E-state index in [0.29, 0.717) is 37.6 Å². The van der Waals surface area contributed by atoms with Gasteiger partial charge in [-0.25, -0.2) is 4.68 Å². The molecule has 3 heterocycles. The second-order valence-electron chi connectivity index (χ2n) is 8.38. The molecule has 1 aliphatic rings. The predicted octanol–water partition coefficient (Wildman–Crippen LogP) is 4.38. The Morgan fingerprint density at radius 1 is 0.941 bits per heavy atom. The third-order valence-electron chi connectivity index (χ3n) is 6.08. The van der Waals surface area contributed by atoms with E-state index in [-0.39, 0.29) is 11.8 Å². The number of rotatable bonds is 4. The third-order valence-corrected chi connectivity index (χ3v) is 6.08. The van der Waals surface area contributed by atoms with Crippen molar-refractivity contribution < 1.29 is 14.0 Å². The van der Waals surface area contributed by atoms with Crippen molar-refractivity contribution in [2.75, 3.05) is 26.2 Å². The molecule has 2 aromatic heterocycles. The van der Waals surface area contributed by atoms with Gasteiger partial charge in [0.25, 0.3) is 0 Å². The van der Waals surface area contributed by atoms with Gasteiger partial charge in [-0.2, -0.15) is 5.10 Å². The van der Waals surface area contributed by atoms with Crippen LogP contribution >= 0.6 is 0 Å². The minimum Gasteiger partial charge on any atom is -0.454 e. The highest BCUT2D eigenvalue weighted by Crippen LogP contribution is 2.30. The molecule has 0 radical (unpaired) electrons. The molecule has 5 rings (SSSR count). The number of benzene rings is 2. The zero-order valence-corrected chi connectivity index (χ0v) is 19.1. The second-order valence-corrected chi connectivity index (χ2v) is 8.38. The Bertz CT molecular complexity index is 1320. The van der Waals surface area contributed by atoms with Crippen LogP contribution in [0.1, 0.15) is 18.9 Å². The lowest BCUT2D eigenvalue weighted by Gasteiger charge is -2.20. The molecule has 7 nitrogen and oxygen atoms in total. The van der Waals surface area contributed by atoms with Gasteiger partial charge in [-0.3, -0.25) is 9.59 Å². The average Bonchev–Trinajstić information content (AvgIpc) is 3.39. The van der Waals surface area contributed by atoms with Gasteiger partial charge in [0.1, 0.15) is 11.3 Å². The topological polar surface area (TPSA) is 71.6 Å². The summed E-state index contributed by atoms with van der Waals surface area (Å²) in [7, 11) is 0. The monoisotopic (exact) mass is 454 g/mol. The zero-order chi connectivity index (χ0) is 23.5. The molecule has 1 aliphatic heterocycles. The number of amides is 2. The predicted molar refractivity (Wildman–Crippen MR) is 131 cm³/mol. The molecule has 0 spiro atoms. The zero-order valence-electron chi connectivity index (χ0n) is 19.1. The number of hydrogen-bond donors (Lipinski definition) is 0. The number of furan rings is 1. The second kappa shape index (κ2) is 9.39. The number of para-hydroxylation sites is 2. The molecule has 1 fully saturated rings. The van der Waals surface area contributed by atoms with Gasteiger partial charge >= 0.3 is 0 Å². The highest BCUT2D eigenvalue weighted by atomic mass is 16.3. The number of carbonyl (C=O) groups is 2. The Kier molecular flexibility index (Phi) is 5.99. The van der Waals surface area contributed by atoms with Crippen LogP contribution in [0.15, 0.2) is 77.4 Å². The van der Waals surface area contributed by atoms with E-state index in [1.165, 1.54) is 0 Å². The first-order valence-electron chi connectivity index (χ1n) is 11.4. The Morgan fingerprint density at radius 2 is 1.68 bits per heavy atom. The molecular formula is C27H26N4O3. The third kappa shape index (κ3) is 4.50. The van der Waals surface area contributed by atoms with Gasteiger partial charge < -0.3 is 14.2 Å². The smallest absolute Gasteiger partial charge is 0.246 e. The van der Waals surface area contributed by atoms with Gasteiger partial charge in [0.15, 0.2) is 5.76 Å². The van der Waals surface area contributed by atoms with E-state index >= 15 is 0 Å². The van der Waals surface area contributed by atoms with Gasteiger partial charge in [-0.05, 0) is 36.8 Å². The number of hydrogen-bond acceptors (Lipinski definition) is 4. The minimum atomic E-state index is -0.0755. The van der Waals surface area contributed by atoms with E-state index < -0.39 is 0 Å². The molecule has 0 bridgehead atoms. The summed E-state index contributed by atoms with van der Waals surface area (Å²) in [5.41, 5.74) is 3.17. The molecule has 0 atom stereocenters. The van der Waals surface area contributed by atoms with Gasteiger partial charge in [0.2, 0.25) is 11.8 Å². The van der Waals surface area contributed by atoms with E-state index in [1.54, 1.807) is 33.6 Å². The molecule has 4 aromatic rings. The van der Waals surface area contributed by atoms with Gasteiger partial charge in [0.05, 0.1) is 5.69 Å². The summed E-state index contributed by atoms with van der Waals surface area (Å²) in [6, 6.07) is 19.6. The lowest BCUT2D eigenvalue weighted by Crippen LogP contribution is -2.35. The Balaban J connectivity index is 1.45. The van der Waals surface area contributed by atoms with Crippen LogP contribution in [-0.4, -0.2) is 57.6 Å². The lowest BCUT2D eigenvalue weighted by molar-refractivity contribution is -0.130. The molecule has 2 aromatic carbocycles. The van der Waals surface area contributed by atoms with Crippen molar-refractivity contribution >= 4 is 28.9 Å². The molecule has 172 valence electrons. The fourth-order valence-corrected chi connectivity index (χ4v) is 4.23. The van der Waals surface area contributed by atoms with Crippen LogP contribution in [0.2, 0.25) is 0 Å². The normalized spacial score (nSPS) is 14.6. The van der Waals surface area contributed by atoms with E-state index in [9.17, 15) is 9.59 Å². The highest BCUT2D eigenvalue weighted by Gasteiger charge is 2.20. The fourth-order valence-electron chi connectivity index (χ4n) is 4.23. The molecule has 34 heavy (non-hydrogen) atoms. The van der Waals surface area contributed by atoms with E-state index in [4.69, 9.17) is 9.52 Å².